The summed E-state index contributed by atoms with van der Waals surface area (Å²) in [5.74, 6) is 0.664. The summed E-state index contributed by atoms with van der Waals surface area (Å²) in [7, 11) is 0. The molecule has 5 heteroatoms. The lowest BCUT2D eigenvalue weighted by molar-refractivity contribution is 0.181. The Morgan fingerprint density at radius 3 is 3.00 bits per heavy atom. The fraction of sp³-hybridized carbons (Fsp3) is 0.400. The van der Waals surface area contributed by atoms with Gasteiger partial charge in [0.05, 0.1) is 12.2 Å². The highest BCUT2D eigenvalue weighted by Crippen LogP contribution is 2.22. The monoisotopic (exact) mass is 270 g/mol. The molecular formula is C10H11BrN2O2. The van der Waals surface area contributed by atoms with Gasteiger partial charge in [-0.25, -0.2) is 9.78 Å². The second-order valence-corrected chi connectivity index (χ2v) is 4.07. The van der Waals surface area contributed by atoms with E-state index in [9.17, 15) is 4.79 Å². The van der Waals surface area contributed by atoms with Crippen LogP contribution in [0.2, 0.25) is 0 Å². The Kier molecular flexibility index (Phi) is 2.90. The first kappa shape index (κ1) is 10.4. The van der Waals surface area contributed by atoms with Crippen LogP contribution in [0.3, 0.4) is 0 Å². The number of carbonyl (C=O) groups excluding carboxylic acids is 1. The van der Waals surface area contributed by atoms with Crippen LogP contribution in [0, 0.1) is 0 Å². The number of carbonyl (C=O) groups is 1. The van der Waals surface area contributed by atoms with Crippen LogP contribution >= 0.6 is 15.9 Å². The van der Waals surface area contributed by atoms with E-state index in [0.717, 1.165) is 16.6 Å². The van der Waals surface area contributed by atoms with Gasteiger partial charge >= 0.3 is 6.09 Å². The molecule has 1 saturated heterocycles. The Labute approximate surface area is 96.4 Å². The fourth-order valence-electron chi connectivity index (χ4n) is 1.47. The molecular weight excluding hydrogens is 260 g/mol. The molecule has 0 bridgehead atoms. The Morgan fingerprint density at radius 1 is 1.60 bits per heavy atom. The van der Waals surface area contributed by atoms with E-state index in [-0.39, 0.29) is 6.09 Å². The van der Waals surface area contributed by atoms with Gasteiger partial charge in [0.25, 0.3) is 0 Å². The SMILES string of the molecule is CCc1nc(N2CCOC2=O)ccc1Br. The highest BCUT2D eigenvalue weighted by atomic mass is 79.9. The first-order valence-electron chi connectivity index (χ1n) is 4.82. The summed E-state index contributed by atoms with van der Waals surface area (Å²) in [5, 5.41) is 0. The molecule has 1 aromatic rings. The number of halogens is 1. The molecule has 0 unspecified atom stereocenters. The minimum absolute atomic E-state index is 0.313. The van der Waals surface area contributed by atoms with Crippen molar-refractivity contribution in [2.24, 2.45) is 0 Å². The molecule has 0 spiro atoms. The van der Waals surface area contributed by atoms with Gasteiger partial charge in [0.15, 0.2) is 0 Å². The Balaban J connectivity index is 2.32. The van der Waals surface area contributed by atoms with Crippen LogP contribution in [0.5, 0.6) is 0 Å². The van der Waals surface area contributed by atoms with Crippen molar-refractivity contribution in [1.82, 2.24) is 4.98 Å². The number of ether oxygens (including phenoxy) is 1. The van der Waals surface area contributed by atoms with Gasteiger partial charge in [-0.1, -0.05) is 6.92 Å². The summed E-state index contributed by atoms with van der Waals surface area (Å²) in [6.45, 7) is 3.05. The number of aromatic nitrogens is 1. The fourth-order valence-corrected chi connectivity index (χ4v) is 1.97. The number of anilines is 1. The maximum Gasteiger partial charge on any atom is 0.415 e. The molecule has 0 N–H and O–H groups in total. The lowest BCUT2D eigenvalue weighted by atomic mass is 10.3. The third kappa shape index (κ3) is 1.97. The Hall–Kier alpha value is -1.10. The van der Waals surface area contributed by atoms with Crippen LogP contribution < -0.4 is 4.90 Å². The number of nitrogens with zero attached hydrogens (tertiary/aromatic N) is 2. The second-order valence-electron chi connectivity index (χ2n) is 3.22. The summed E-state index contributed by atoms with van der Waals surface area (Å²) in [5.41, 5.74) is 0.951. The van der Waals surface area contributed by atoms with E-state index in [1.165, 1.54) is 0 Å². The van der Waals surface area contributed by atoms with Gasteiger partial charge in [-0.15, -0.1) is 0 Å². The number of hydrogen-bond acceptors (Lipinski definition) is 3. The molecule has 1 aromatic heterocycles. The van der Waals surface area contributed by atoms with E-state index >= 15 is 0 Å². The molecule has 80 valence electrons. The molecule has 0 saturated carbocycles. The zero-order valence-electron chi connectivity index (χ0n) is 8.36. The predicted molar refractivity (Wildman–Crippen MR) is 60.0 cm³/mol. The Bertz CT molecular complexity index is 395. The van der Waals surface area contributed by atoms with E-state index in [1.54, 1.807) is 4.90 Å². The zero-order chi connectivity index (χ0) is 10.8. The molecule has 1 aliphatic rings. The second kappa shape index (κ2) is 4.18. The van der Waals surface area contributed by atoms with Gasteiger partial charge in [0.2, 0.25) is 0 Å². The van der Waals surface area contributed by atoms with Crippen molar-refractivity contribution < 1.29 is 9.53 Å². The van der Waals surface area contributed by atoms with Crippen LogP contribution in [0.4, 0.5) is 10.6 Å². The highest BCUT2D eigenvalue weighted by molar-refractivity contribution is 9.10. The van der Waals surface area contributed by atoms with Gasteiger partial charge in [-0.3, -0.25) is 4.90 Å². The molecule has 4 nitrogen and oxygen atoms in total. The van der Waals surface area contributed by atoms with Crippen molar-refractivity contribution in [3.8, 4) is 0 Å². The number of pyridine rings is 1. The number of cyclic esters (lactones) is 1. The number of rotatable bonds is 2. The van der Waals surface area contributed by atoms with Gasteiger partial charge < -0.3 is 4.74 Å². The largest absolute Gasteiger partial charge is 0.447 e. The average Bonchev–Trinajstić information content (AvgIpc) is 2.65. The summed E-state index contributed by atoms with van der Waals surface area (Å²) < 4.78 is 5.83. The summed E-state index contributed by atoms with van der Waals surface area (Å²) in [6, 6.07) is 3.72. The number of amides is 1. The standard InChI is InChI=1S/C10H11BrN2O2/c1-2-8-7(11)3-4-9(12-8)13-5-6-15-10(13)14/h3-4H,2,5-6H2,1H3. The average molecular weight is 271 g/mol. The number of aryl methyl sites for hydroxylation is 1. The zero-order valence-corrected chi connectivity index (χ0v) is 9.95. The Morgan fingerprint density at radius 2 is 2.40 bits per heavy atom. The minimum Gasteiger partial charge on any atom is -0.447 e. The molecule has 2 heterocycles. The van der Waals surface area contributed by atoms with Crippen LogP contribution in [-0.4, -0.2) is 24.2 Å². The third-order valence-corrected chi connectivity index (χ3v) is 3.00. The molecule has 0 aliphatic carbocycles. The van der Waals surface area contributed by atoms with Crippen LogP contribution in [0.25, 0.3) is 0 Å². The molecule has 0 aromatic carbocycles. The van der Waals surface area contributed by atoms with E-state index in [1.807, 2.05) is 19.1 Å². The summed E-state index contributed by atoms with van der Waals surface area (Å²) >= 11 is 3.42. The van der Waals surface area contributed by atoms with E-state index in [4.69, 9.17) is 4.74 Å². The molecule has 1 amide bonds. The molecule has 15 heavy (non-hydrogen) atoms. The maximum atomic E-state index is 11.3. The first-order chi connectivity index (χ1) is 7.22. The van der Waals surface area contributed by atoms with E-state index < -0.39 is 0 Å². The quantitative estimate of drug-likeness (QED) is 0.829. The molecule has 1 fully saturated rings. The highest BCUT2D eigenvalue weighted by Gasteiger charge is 2.24. The van der Waals surface area contributed by atoms with Crippen molar-refractivity contribution >= 4 is 27.8 Å². The molecule has 0 radical (unpaired) electrons. The predicted octanol–water partition coefficient (Wildman–Crippen LogP) is 2.36. The third-order valence-electron chi connectivity index (χ3n) is 2.28. The van der Waals surface area contributed by atoms with Crippen LogP contribution in [-0.2, 0) is 11.2 Å². The van der Waals surface area contributed by atoms with Crippen LogP contribution in [0.15, 0.2) is 16.6 Å². The molecule has 0 atom stereocenters. The first-order valence-corrected chi connectivity index (χ1v) is 5.61. The topological polar surface area (TPSA) is 42.4 Å². The van der Waals surface area contributed by atoms with E-state index in [0.29, 0.717) is 19.0 Å². The maximum absolute atomic E-state index is 11.3. The van der Waals surface area contributed by atoms with Crippen molar-refractivity contribution in [1.29, 1.82) is 0 Å². The van der Waals surface area contributed by atoms with Crippen molar-refractivity contribution in [3.05, 3.63) is 22.3 Å². The minimum atomic E-state index is -0.313. The van der Waals surface area contributed by atoms with Gasteiger partial charge in [-0.2, -0.15) is 0 Å². The van der Waals surface area contributed by atoms with Crippen LogP contribution in [0.1, 0.15) is 12.6 Å². The summed E-state index contributed by atoms with van der Waals surface area (Å²) in [6.07, 6.45) is 0.518. The van der Waals surface area contributed by atoms with E-state index in [2.05, 4.69) is 20.9 Å². The lowest BCUT2D eigenvalue weighted by Crippen LogP contribution is -2.24. The van der Waals surface area contributed by atoms with Crippen molar-refractivity contribution in [2.75, 3.05) is 18.1 Å². The van der Waals surface area contributed by atoms with Gasteiger partial charge in [0.1, 0.15) is 12.4 Å². The summed E-state index contributed by atoms with van der Waals surface area (Å²) in [4.78, 5) is 17.3. The smallest absolute Gasteiger partial charge is 0.415 e. The normalized spacial score (nSPS) is 15.6. The van der Waals surface area contributed by atoms with Crippen molar-refractivity contribution in [2.45, 2.75) is 13.3 Å². The molecule has 1 aliphatic heterocycles. The lowest BCUT2D eigenvalue weighted by Gasteiger charge is -2.12. The number of hydrogen-bond donors (Lipinski definition) is 0. The van der Waals surface area contributed by atoms with Gasteiger partial charge in [0, 0.05) is 4.47 Å². The van der Waals surface area contributed by atoms with Crippen molar-refractivity contribution in [3.63, 3.8) is 0 Å². The van der Waals surface area contributed by atoms with Gasteiger partial charge in [-0.05, 0) is 34.5 Å². The molecule has 2 rings (SSSR count).